The molecule has 0 amide bonds. The molecule has 2 N–H and O–H groups in total. The van der Waals surface area contributed by atoms with Crippen molar-refractivity contribution < 1.29 is 0 Å². The van der Waals surface area contributed by atoms with Crippen molar-refractivity contribution in [1.82, 2.24) is 4.98 Å². The van der Waals surface area contributed by atoms with Crippen molar-refractivity contribution >= 4 is 17.0 Å². The van der Waals surface area contributed by atoms with Crippen LogP contribution < -0.4 is 5.73 Å². The van der Waals surface area contributed by atoms with Crippen molar-refractivity contribution in [1.29, 1.82) is 0 Å². The Balaban J connectivity index is 1.85. The van der Waals surface area contributed by atoms with Crippen LogP contribution in [0.15, 0.2) is 48.5 Å². The van der Waals surface area contributed by atoms with E-state index in [-0.39, 0.29) is 0 Å². The van der Waals surface area contributed by atoms with E-state index in [9.17, 15) is 0 Å². The molecule has 2 nitrogen and oxygen atoms in total. The van der Waals surface area contributed by atoms with E-state index in [2.05, 4.69) is 36.4 Å². The Bertz CT molecular complexity index is 787. The van der Waals surface area contributed by atoms with Crippen molar-refractivity contribution in [2.75, 3.05) is 5.73 Å². The van der Waals surface area contributed by atoms with Gasteiger partial charge >= 0.3 is 0 Å². The molecule has 21 heavy (non-hydrogen) atoms. The van der Waals surface area contributed by atoms with E-state index >= 15 is 0 Å². The number of hydrogen-bond donors (Lipinski definition) is 1. The van der Waals surface area contributed by atoms with Gasteiger partial charge in [0, 0.05) is 21.7 Å². The van der Waals surface area contributed by atoms with E-state index in [1.165, 1.54) is 28.1 Å². The lowest BCUT2D eigenvalue weighted by atomic mass is 10.0. The lowest BCUT2D eigenvalue weighted by Crippen LogP contribution is -1.87. The molecule has 0 radical (unpaired) electrons. The third kappa shape index (κ3) is 2.24. The second-order valence-corrected chi connectivity index (χ2v) is 6.51. The first-order chi connectivity index (χ1) is 10.3. The zero-order chi connectivity index (χ0) is 14.2. The number of anilines is 1. The van der Waals surface area contributed by atoms with Gasteiger partial charge in [-0.15, -0.1) is 11.3 Å². The first-order valence-electron chi connectivity index (χ1n) is 7.25. The fourth-order valence-electron chi connectivity index (χ4n) is 2.89. The third-order valence-electron chi connectivity index (χ3n) is 3.98. The summed E-state index contributed by atoms with van der Waals surface area (Å²) in [5, 5.41) is 1.09. The highest BCUT2D eigenvalue weighted by atomic mass is 32.1. The Kier molecular flexibility index (Phi) is 3.00. The van der Waals surface area contributed by atoms with Crippen LogP contribution in [0.2, 0.25) is 0 Å². The molecule has 0 unspecified atom stereocenters. The van der Waals surface area contributed by atoms with Crippen LogP contribution in [-0.2, 0) is 12.8 Å². The molecule has 1 aromatic heterocycles. The molecule has 2 aromatic carbocycles. The molecule has 0 saturated heterocycles. The Labute approximate surface area is 128 Å². The summed E-state index contributed by atoms with van der Waals surface area (Å²) in [5.74, 6) is 0. The fourth-order valence-corrected chi connectivity index (χ4v) is 4.01. The topological polar surface area (TPSA) is 38.9 Å². The summed E-state index contributed by atoms with van der Waals surface area (Å²) in [6, 6.07) is 16.6. The summed E-state index contributed by atoms with van der Waals surface area (Å²) in [4.78, 5) is 6.34. The van der Waals surface area contributed by atoms with E-state index in [0.29, 0.717) is 0 Å². The summed E-state index contributed by atoms with van der Waals surface area (Å²) < 4.78 is 0. The summed E-state index contributed by atoms with van der Waals surface area (Å²) in [6.07, 6.45) is 3.47. The largest absolute Gasteiger partial charge is 0.399 e. The molecule has 0 bridgehead atoms. The van der Waals surface area contributed by atoms with E-state index < -0.39 is 0 Å². The third-order valence-corrected chi connectivity index (χ3v) is 5.14. The quantitative estimate of drug-likeness (QED) is 0.668. The lowest BCUT2D eigenvalue weighted by Gasteiger charge is -2.03. The van der Waals surface area contributed by atoms with Crippen molar-refractivity contribution in [2.45, 2.75) is 19.3 Å². The number of rotatable bonds is 1. The molecule has 0 spiro atoms. The highest BCUT2D eigenvalue weighted by Crippen LogP contribution is 2.38. The van der Waals surface area contributed by atoms with Crippen LogP contribution >= 0.6 is 11.3 Å². The molecule has 1 aliphatic carbocycles. The van der Waals surface area contributed by atoms with Crippen LogP contribution in [0.4, 0.5) is 5.69 Å². The maximum atomic E-state index is 5.77. The smallest absolute Gasteiger partial charge is 0.124 e. The molecule has 3 aromatic rings. The number of benzene rings is 2. The number of nitrogens with zero attached hydrogens (tertiary/aromatic N) is 1. The number of aryl methyl sites for hydroxylation is 2. The minimum Gasteiger partial charge on any atom is -0.399 e. The fraction of sp³-hybridized carbons (Fsp3) is 0.167. The molecule has 104 valence electrons. The molecule has 0 aliphatic heterocycles. The van der Waals surface area contributed by atoms with Crippen LogP contribution in [0.25, 0.3) is 21.8 Å². The van der Waals surface area contributed by atoms with Crippen molar-refractivity contribution in [3.63, 3.8) is 0 Å². The molecule has 0 fully saturated rings. The van der Waals surface area contributed by atoms with E-state index in [4.69, 9.17) is 10.7 Å². The molecule has 4 rings (SSSR count). The van der Waals surface area contributed by atoms with Gasteiger partial charge in [0.1, 0.15) is 5.01 Å². The average molecular weight is 292 g/mol. The molecule has 0 atom stereocenters. The Morgan fingerprint density at radius 2 is 1.76 bits per heavy atom. The van der Waals surface area contributed by atoms with Crippen LogP contribution in [0.3, 0.4) is 0 Å². The van der Waals surface area contributed by atoms with Gasteiger partial charge in [0.05, 0.1) is 5.69 Å². The Hall–Kier alpha value is -2.13. The molecule has 0 saturated carbocycles. The van der Waals surface area contributed by atoms with Gasteiger partial charge in [0.2, 0.25) is 0 Å². The minimum absolute atomic E-state index is 0.794. The van der Waals surface area contributed by atoms with Crippen LogP contribution in [0.5, 0.6) is 0 Å². The zero-order valence-electron chi connectivity index (χ0n) is 11.7. The van der Waals surface area contributed by atoms with Crippen LogP contribution in [0, 0.1) is 0 Å². The highest BCUT2D eigenvalue weighted by Gasteiger charge is 2.19. The summed E-state index contributed by atoms with van der Waals surface area (Å²) in [7, 11) is 0. The first kappa shape index (κ1) is 12.6. The number of nitrogen functional groups attached to an aromatic ring is 1. The van der Waals surface area contributed by atoms with Gasteiger partial charge in [0.25, 0.3) is 0 Å². The summed E-state index contributed by atoms with van der Waals surface area (Å²) in [6.45, 7) is 0. The number of nitrogens with two attached hydrogens (primary N) is 1. The van der Waals surface area contributed by atoms with E-state index in [1.807, 2.05) is 23.5 Å². The van der Waals surface area contributed by atoms with Gasteiger partial charge in [-0.2, -0.15) is 0 Å². The van der Waals surface area contributed by atoms with Crippen LogP contribution in [-0.4, -0.2) is 4.98 Å². The number of aromatic nitrogens is 1. The predicted molar refractivity (Wildman–Crippen MR) is 89.4 cm³/mol. The minimum atomic E-state index is 0.794. The maximum absolute atomic E-state index is 5.77. The van der Waals surface area contributed by atoms with E-state index in [0.717, 1.165) is 29.1 Å². The Morgan fingerprint density at radius 1 is 0.952 bits per heavy atom. The number of hydrogen-bond acceptors (Lipinski definition) is 3. The second kappa shape index (κ2) is 5.01. The molecule has 3 heteroatoms. The van der Waals surface area contributed by atoms with Crippen molar-refractivity contribution in [3.8, 4) is 21.8 Å². The SMILES string of the molecule is Nc1ccc(-c2nc3c(s2)CCCc2ccccc2-3)cc1. The lowest BCUT2D eigenvalue weighted by molar-refractivity contribution is 0.843. The second-order valence-electron chi connectivity index (χ2n) is 5.42. The molecular formula is C18H16N2S. The van der Waals surface area contributed by atoms with Crippen molar-refractivity contribution in [3.05, 3.63) is 59.0 Å². The molecule has 1 heterocycles. The molecular weight excluding hydrogens is 276 g/mol. The number of thiazole rings is 1. The number of fused-ring (bicyclic) bond motifs is 3. The van der Waals surface area contributed by atoms with Gasteiger partial charge in [-0.05, 0) is 49.1 Å². The van der Waals surface area contributed by atoms with E-state index in [1.54, 1.807) is 0 Å². The van der Waals surface area contributed by atoms with Gasteiger partial charge in [-0.1, -0.05) is 24.3 Å². The zero-order valence-corrected chi connectivity index (χ0v) is 12.5. The first-order valence-corrected chi connectivity index (χ1v) is 8.07. The highest BCUT2D eigenvalue weighted by molar-refractivity contribution is 7.15. The van der Waals surface area contributed by atoms with Gasteiger partial charge in [0.15, 0.2) is 0 Å². The van der Waals surface area contributed by atoms with Gasteiger partial charge in [-0.3, -0.25) is 0 Å². The van der Waals surface area contributed by atoms with Gasteiger partial charge in [-0.25, -0.2) is 4.98 Å². The van der Waals surface area contributed by atoms with Gasteiger partial charge < -0.3 is 5.73 Å². The average Bonchev–Trinajstić information content (AvgIpc) is 2.85. The summed E-state index contributed by atoms with van der Waals surface area (Å²) in [5.41, 5.74) is 11.6. The standard InChI is InChI=1S/C18H16N2S/c19-14-10-8-13(9-11-14)18-20-17-15-6-2-1-4-12(15)5-3-7-16(17)21-18/h1-2,4,6,8-11H,3,5,7,19H2. The predicted octanol–water partition coefficient (Wildman–Crippen LogP) is 4.55. The monoisotopic (exact) mass is 292 g/mol. The normalized spacial score (nSPS) is 13.3. The Morgan fingerprint density at radius 3 is 2.62 bits per heavy atom. The van der Waals surface area contributed by atoms with Crippen LogP contribution in [0.1, 0.15) is 16.9 Å². The van der Waals surface area contributed by atoms with Crippen molar-refractivity contribution in [2.24, 2.45) is 0 Å². The maximum Gasteiger partial charge on any atom is 0.124 e. The summed E-state index contributed by atoms with van der Waals surface area (Å²) >= 11 is 1.82. The molecule has 1 aliphatic rings.